The third-order valence-corrected chi connectivity index (χ3v) is 7.89. The summed E-state index contributed by atoms with van der Waals surface area (Å²) in [5, 5.41) is 3.31. The van der Waals surface area contributed by atoms with Crippen molar-refractivity contribution in [3.05, 3.63) is 78.2 Å². The van der Waals surface area contributed by atoms with Gasteiger partial charge in [0, 0.05) is 69.5 Å². The minimum Gasteiger partial charge on any atom is -0.372 e. The van der Waals surface area contributed by atoms with Crippen molar-refractivity contribution in [1.82, 2.24) is 24.2 Å². The van der Waals surface area contributed by atoms with Gasteiger partial charge in [-0.3, -0.25) is 19.1 Å². The Balaban J connectivity index is 1.11. The number of amides is 1. The summed E-state index contributed by atoms with van der Waals surface area (Å²) >= 11 is 0. The summed E-state index contributed by atoms with van der Waals surface area (Å²) < 4.78 is 42.1. The summed E-state index contributed by atoms with van der Waals surface area (Å²) in [6.07, 6.45) is 3.22. The molecule has 8 nitrogen and oxygen atoms in total. The molecule has 0 unspecified atom stereocenters. The van der Waals surface area contributed by atoms with Crippen molar-refractivity contribution in [2.45, 2.75) is 25.6 Å². The first-order valence-corrected chi connectivity index (χ1v) is 13.9. The number of carbonyl (C=O) groups excluding carboxylic acids is 1. The predicted octanol–water partition coefficient (Wildman–Crippen LogP) is 4.77. The molecule has 41 heavy (non-hydrogen) atoms. The van der Waals surface area contributed by atoms with Gasteiger partial charge in [-0.25, -0.2) is 4.98 Å². The number of hydrogen-bond donors (Lipinski definition) is 1. The van der Waals surface area contributed by atoms with Crippen LogP contribution in [0.2, 0.25) is 0 Å². The summed E-state index contributed by atoms with van der Waals surface area (Å²) in [5.41, 5.74) is 3.21. The first-order chi connectivity index (χ1) is 19.9. The fraction of sp³-hybridized carbons (Fsp3) is 0.367. The number of hydrogen-bond acceptors (Lipinski definition) is 6. The Bertz CT molecular complexity index is 1500. The van der Waals surface area contributed by atoms with E-state index in [1.165, 1.54) is 30.7 Å². The van der Waals surface area contributed by atoms with E-state index in [9.17, 15) is 18.0 Å². The molecule has 2 saturated heterocycles. The number of fused-ring (bicyclic) bond motifs is 1. The molecule has 0 aliphatic carbocycles. The van der Waals surface area contributed by atoms with E-state index in [-0.39, 0.29) is 24.6 Å². The molecule has 0 radical (unpaired) electrons. The maximum atomic E-state index is 13.4. The number of halogens is 3. The fourth-order valence-electron chi connectivity index (χ4n) is 5.68. The highest BCUT2D eigenvalue weighted by Gasteiger charge is 2.33. The van der Waals surface area contributed by atoms with Crippen molar-refractivity contribution in [2.75, 3.05) is 56.0 Å². The van der Waals surface area contributed by atoms with Crippen LogP contribution in [0.1, 0.15) is 24.0 Å². The third kappa shape index (κ3) is 5.85. The third-order valence-electron chi connectivity index (χ3n) is 7.89. The maximum absolute atomic E-state index is 13.4. The van der Waals surface area contributed by atoms with Crippen LogP contribution in [0.15, 0.2) is 67.1 Å². The number of nitrogens with zero attached hydrogens (tertiary/aromatic N) is 6. The van der Waals surface area contributed by atoms with E-state index in [4.69, 9.17) is 4.98 Å². The van der Waals surface area contributed by atoms with Gasteiger partial charge in [0.05, 0.1) is 18.3 Å². The fourth-order valence-corrected chi connectivity index (χ4v) is 5.68. The van der Waals surface area contributed by atoms with Crippen LogP contribution >= 0.6 is 0 Å². The van der Waals surface area contributed by atoms with Gasteiger partial charge in [-0.2, -0.15) is 13.2 Å². The largest absolute Gasteiger partial charge is 0.416 e. The topological polar surface area (TPSA) is 69.0 Å². The molecule has 0 saturated carbocycles. The SMILES string of the molecule is O=C(CNc1c(-c2ccc(N3CCCC3)cc2)nc2cnccn12)N1CCN(Cc2ccccc2C(F)(F)F)CC1. The van der Waals surface area contributed by atoms with Gasteiger partial charge in [0.1, 0.15) is 11.5 Å². The molecule has 6 rings (SSSR count). The van der Waals surface area contributed by atoms with E-state index in [2.05, 4.69) is 39.5 Å². The molecule has 2 aromatic carbocycles. The second-order valence-electron chi connectivity index (χ2n) is 10.5. The Morgan fingerprint density at radius 2 is 1.66 bits per heavy atom. The number of imidazole rings is 1. The van der Waals surface area contributed by atoms with Crippen LogP contribution in [0.25, 0.3) is 16.9 Å². The average Bonchev–Trinajstić information content (AvgIpc) is 3.65. The maximum Gasteiger partial charge on any atom is 0.416 e. The zero-order valence-electron chi connectivity index (χ0n) is 22.6. The molecule has 1 N–H and O–H groups in total. The van der Waals surface area contributed by atoms with Crippen LogP contribution in [0, 0.1) is 0 Å². The Morgan fingerprint density at radius 1 is 0.927 bits per heavy atom. The van der Waals surface area contributed by atoms with Gasteiger partial charge in [-0.05, 0) is 36.6 Å². The lowest BCUT2D eigenvalue weighted by atomic mass is 10.1. The van der Waals surface area contributed by atoms with Crippen LogP contribution in [0.4, 0.5) is 24.7 Å². The van der Waals surface area contributed by atoms with E-state index >= 15 is 0 Å². The second kappa shape index (κ2) is 11.4. The number of carbonyl (C=O) groups is 1. The molecule has 2 aromatic heterocycles. The van der Waals surface area contributed by atoms with Crippen molar-refractivity contribution >= 4 is 23.1 Å². The summed E-state index contributed by atoms with van der Waals surface area (Å²) in [6.45, 7) is 4.35. The van der Waals surface area contributed by atoms with Crippen molar-refractivity contribution < 1.29 is 18.0 Å². The lowest BCUT2D eigenvalue weighted by Gasteiger charge is -2.35. The quantitative estimate of drug-likeness (QED) is 0.350. The molecule has 4 heterocycles. The van der Waals surface area contributed by atoms with Gasteiger partial charge in [0.15, 0.2) is 5.65 Å². The molecular weight excluding hydrogens is 531 g/mol. The highest BCUT2D eigenvalue weighted by atomic mass is 19.4. The summed E-state index contributed by atoms with van der Waals surface area (Å²) in [7, 11) is 0. The van der Waals surface area contributed by atoms with Crippen molar-refractivity contribution in [3.8, 4) is 11.3 Å². The highest BCUT2D eigenvalue weighted by molar-refractivity contribution is 5.84. The van der Waals surface area contributed by atoms with Gasteiger partial charge in [0.25, 0.3) is 0 Å². The molecule has 1 amide bonds. The molecule has 4 aromatic rings. The number of alkyl halides is 3. The predicted molar refractivity (Wildman–Crippen MR) is 152 cm³/mol. The smallest absolute Gasteiger partial charge is 0.372 e. The molecule has 2 aliphatic rings. The van der Waals surface area contributed by atoms with Crippen LogP contribution in [-0.2, 0) is 17.5 Å². The molecule has 2 aliphatic heterocycles. The zero-order valence-corrected chi connectivity index (χ0v) is 22.6. The minimum absolute atomic E-state index is 0.0697. The standard InChI is InChI=1S/C30H32F3N7O/c31-30(32,33)25-6-2-1-5-23(25)21-37-15-17-39(18-16-37)27(41)20-35-29-28(36-26-19-34-11-14-40(26)29)22-7-9-24(10-8-22)38-12-3-4-13-38/h1-2,5-11,14,19,35H,3-4,12-13,15-18,20-21H2. The lowest BCUT2D eigenvalue weighted by Crippen LogP contribution is -2.49. The van der Waals surface area contributed by atoms with Crippen molar-refractivity contribution in [3.63, 3.8) is 0 Å². The van der Waals surface area contributed by atoms with Crippen molar-refractivity contribution in [2.24, 2.45) is 0 Å². The van der Waals surface area contributed by atoms with Crippen LogP contribution in [0.3, 0.4) is 0 Å². The van der Waals surface area contributed by atoms with Crippen LogP contribution < -0.4 is 10.2 Å². The Morgan fingerprint density at radius 3 is 2.39 bits per heavy atom. The number of anilines is 2. The first-order valence-electron chi connectivity index (χ1n) is 13.9. The molecular formula is C30H32F3N7O. The van der Waals surface area contributed by atoms with E-state index in [0.717, 1.165) is 30.4 Å². The molecule has 214 valence electrons. The van der Waals surface area contributed by atoms with E-state index in [1.54, 1.807) is 23.4 Å². The summed E-state index contributed by atoms with van der Waals surface area (Å²) in [5.74, 6) is 0.645. The van der Waals surface area contributed by atoms with Crippen LogP contribution in [-0.4, -0.2) is 75.9 Å². The zero-order chi connectivity index (χ0) is 28.4. The van der Waals surface area contributed by atoms with E-state index in [1.807, 2.05) is 15.5 Å². The van der Waals surface area contributed by atoms with Gasteiger partial charge in [-0.15, -0.1) is 0 Å². The van der Waals surface area contributed by atoms with Gasteiger partial charge in [-0.1, -0.05) is 30.3 Å². The Hall–Kier alpha value is -4.12. The number of aromatic nitrogens is 3. The Kier molecular flexibility index (Phi) is 7.53. The average molecular weight is 564 g/mol. The molecule has 2 fully saturated rings. The summed E-state index contributed by atoms with van der Waals surface area (Å²) in [4.78, 5) is 28.2. The monoisotopic (exact) mass is 563 g/mol. The highest BCUT2D eigenvalue weighted by Crippen LogP contribution is 2.33. The van der Waals surface area contributed by atoms with Crippen LogP contribution in [0.5, 0.6) is 0 Å². The van der Waals surface area contributed by atoms with Crippen molar-refractivity contribution in [1.29, 1.82) is 0 Å². The van der Waals surface area contributed by atoms with Gasteiger partial charge < -0.3 is 15.1 Å². The van der Waals surface area contributed by atoms with E-state index < -0.39 is 11.7 Å². The number of nitrogens with one attached hydrogen (secondary N) is 1. The first kappa shape index (κ1) is 27.1. The second-order valence-corrected chi connectivity index (χ2v) is 10.5. The molecule has 0 spiro atoms. The molecule has 0 bridgehead atoms. The van der Waals surface area contributed by atoms with Gasteiger partial charge in [0.2, 0.25) is 5.91 Å². The lowest BCUT2D eigenvalue weighted by molar-refractivity contribution is -0.138. The number of piperazine rings is 1. The van der Waals surface area contributed by atoms with Gasteiger partial charge >= 0.3 is 6.18 Å². The Labute approximate surface area is 236 Å². The number of rotatable bonds is 7. The number of benzene rings is 2. The minimum atomic E-state index is -4.39. The normalized spacial score (nSPS) is 16.5. The molecule has 0 atom stereocenters. The summed E-state index contributed by atoms with van der Waals surface area (Å²) in [6, 6.07) is 14.0. The van der Waals surface area contributed by atoms with E-state index in [0.29, 0.717) is 37.6 Å². The molecule has 11 heteroatoms.